The maximum atomic E-state index is 7.82. The first-order valence-corrected chi connectivity index (χ1v) is 44.0. The van der Waals surface area contributed by atoms with E-state index >= 15 is 0 Å². The van der Waals surface area contributed by atoms with Gasteiger partial charge in [-0.3, -0.25) is 0 Å². The van der Waals surface area contributed by atoms with Crippen LogP contribution in [0.2, 0.25) is 0 Å². The van der Waals surface area contributed by atoms with E-state index in [1.807, 2.05) is 0 Å². The molecule has 0 amide bonds. The van der Waals surface area contributed by atoms with E-state index in [9.17, 15) is 0 Å². The first kappa shape index (κ1) is 74.4. The van der Waals surface area contributed by atoms with Gasteiger partial charge in [-0.2, -0.15) is 0 Å². The third-order valence-electron chi connectivity index (χ3n) is 22.3. The van der Waals surface area contributed by atoms with Gasteiger partial charge in [0.2, 0.25) is 0 Å². The van der Waals surface area contributed by atoms with Gasteiger partial charge >= 0.3 is 30.3 Å². The van der Waals surface area contributed by atoms with E-state index in [-0.39, 0.29) is 0 Å². The Kier molecular flexibility index (Phi) is 30.0. The Morgan fingerprint density at radius 3 is 0.439 bits per heavy atom. The highest BCUT2D eigenvalue weighted by Crippen LogP contribution is 2.47. The van der Waals surface area contributed by atoms with E-state index in [4.69, 9.17) is 22.7 Å². The fourth-order valence-corrected chi connectivity index (χ4v) is 20.2. The highest BCUT2D eigenvalue weighted by Gasteiger charge is 2.51. The zero-order valence-electron chi connectivity index (χ0n) is 62.5. The molecule has 6 aromatic carbocycles. The van der Waals surface area contributed by atoms with Crippen LogP contribution in [0.5, 0.6) is 34.5 Å². The van der Waals surface area contributed by atoms with E-state index in [0.29, 0.717) is 12.8 Å². The molecule has 0 saturated carbocycles. The quantitative estimate of drug-likeness (QED) is 0.0281. The molecule has 6 nitrogen and oxygen atoms in total. The highest BCUT2D eigenvalue weighted by atomic mass is 27.3. The van der Waals surface area contributed by atoms with Crippen molar-refractivity contribution >= 4 is 30.3 Å². The molecule has 0 unspecified atom stereocenters. The van der Waals surface area contributed by atoms with Gasteiger partial charge in [0.25, 0.3) is 0 Å². The van der Waals surface area contributed by atoms with Crippen LogP contribution in [0.25, 0.3) is 0 Å². The van der Waals surface area contributed by atoms with E-state index in [1.165, 1.54) is 331 Å². The van der Waals surface area contributed by atoms with Gasteiger partial charge in [0.15, 0.2) is 0 Å². The van der Waals surface area contributed by atoms with E-state index in [1.54, 1.807) is 0 Å². The van der Waals surface area contributed by atoms with Crippen LogP contribution >= 0.6 is 0 Å². The molecule has 0 N–H and O–H groups in total. The van der Waals surface area contributed by atoms with Crippen LogP contribution < -0.4 is 22.7 Å². The van der Waals surface area contributed by atoms with Crippen molar-refractivity contribution in [2.45, 2.75) is 350 Å². The standard InChI is InChI=1S/C90H132O6.2Al/c1-7-13-19-25-31-37-43-67-49-73-61-75-51-68(44-38-32-26-20-14-8-2)53-77(86(75)92)63-79-55-70(46-40-34-28-22-16-10-4)57-81(88(79)94)65-83-59-72(48-42-36-30-24-18-12-6)60-84(90(83)96)66-82-58-71(47-41-35-29-23-17-11-5)56-80(89(82)95)64-78-54-69(45-39-33-27-21-15-9-3)52-76(87(78)93)62-74(50-67)85(73)91;;/h49-60,91-96H,7-48,61-66H2,1-6H3;;/q;2*+3/p-6. The van der Waals surface area contributed by atoms with Crippen LogP contribution in [0.3, 0.4) is 0 Å². The van der Waals surface area contributed by atoms with Crippen LogP contribution in [0, 0.1) is 0 Å². The Morgan fingerprint density at radius 2 is 0.306 bits per heavy atom. The van der Waals surface area contributed by atoms with E-state index in [2.05, 4.69) is 114 Å². The average molecular weight is 1360 g/mol. The maximum Gasteiger partial charge on any atom is 1.20 e. The molecule has 8 heteroatoms. The predicted octanol–water partition coefficient (Wildman–Crippen LogP) is 25.3. The monoisotopic (exact) mass is 1360 g/mol. The Labute approximate surface area is 606 Å². The molecule has 11 rings (SSSR count). The summed E-state index contributed by atoms with van der Waals surface area (Å²) in [5.74, 6) is 5.84. The summed E-state index contributed by atoms with van der Waals surface area (Å²) in [6.45, 7) is 14.0. The second-order valence-corrected chi connectivity index (χ2v) is 33.5. The second kappa shape index (κ2) is 39.6. The molecule has 0 aliphatic carbocycles. The number of hydrogen-bond donors (Lipinski definition) is 0. The Bertz CT molecular complexity index is 3050. The third-order valence-corrected chi connectivity index (χ3v) is 24.9. The molecule has 0 radical (unpaired) electrons. The molecule has 6 aromatic rings. The molecule has 0 atom stereocenters. The molecule has 5 aliphatic rings. The van der Waals surface area contributed by atoms with Gasteiger partial charge in [-0.1, -0.05) is 307 Å². The van der Waals surface area contributed by atoms with Crippen molar-refractivity contribution in [2.75, 3.05) is 0 Å². The summed E-state index contributed by atoms with van der Waals surface area (Å²) in [6, 6.07) is 30.4. The lowest BCUT2D eigenvalue weighted by Crippen LogP contribution is -2.41. The lowest BCUT2D eigenvalue weighted by atomic mass is 9.87. The molecule has 0 saturated heterocycles. The summed E-state index contributed by atoms with van der Waals surface area (Å²) in [7, 11) is 0. The molecule has 0 spiro atoms. The van der Waals surface area contributed by atoms with Crippen molar-refractivity contribution in [3.63, 3.8) is 0 Å². The lowest BCUT2D eigenvalue weighted by molar-refractivity contribution is 0.292. The average Bonchev–Trinajstić information content (AvgIpc) is 0.756. The normalized spacial score (nSPS) is 13.9. The van der Waals surface area contributed by atoms with Gasteiger partial charge in [0.05, 0.1) is 34.5 Å². The minimum Gasteiger partial charge on any atom is -0.577 e. The number of unbranched alkanes of at least 4 members (excludes halogenated alkanes) is 30. The van der Waals surface area contributed by atoms with Crippen molar-refractivity contribution in [2.24, 2.45) is 0 Å². The first-order chi connectivity index (χ1) is 48.3. The summed E-state index contributed by atoms with van der Waals surface area (Å²) in [5, 5.41) is 0. The number of benzene rings is 6. The predicted molar refractivity (Wildman–Crippen MR) is 413 cm³/mol. The van der Waals surface area contributed by atoms with Crippen LogP contribution in [0.15, 0.2) is 72.8 Å². The van der Waals surface area contributed by atoms with Crippen molar-refractivity contribution in [3.05, 3.63) is 173 Å². The molecule has 5 aliphatic heterocycles. The van der Waals surface area contributed by atoms with E-state index < -0.39 is 30.3 Å². The third kappa shape index (κ3) is 21.2. The zero-order chi connectivity index (χ0) is 67.7. The SMILES string of the molecule is CCCCCCCCc1cc2c3c(c1)Cc1cc(CCCCCCCC)cc4c1[O][Al]([O]3)[O]c1c(cc(CCCCCCCC)cc1Cc1cc(CCCCCCCC)cc3c1[O][Al]1[O]c5c(cc(CCCCCCCC)cc5Cc5cc(CCCCCCCC)cc(c5[O]1)C4)C3)C2. The topological polar surface area (TPSA) is 55.4 Å². The van der Waals surface area contributed by atoms with Gasteiger partial charge in [0, 0.05) is 38.5 Å². The molecule has 98 heavy (non-hydrogen) atoms. The molecule has 8 bridgehead atoms. The van der Waals surface area contributed by atoms with Crippen LogP contribution in [0.4, 0.5) is 0 Å². The largest absolute Gasteiger partial charge is 1.20 e. The van der Waals surface area contributed by atoms with E-state index in [0.717, 1.165) is 98.7 Å². The Balaban J connectivity index is 1.13. The van der Waals surface area contributed by atoms with Gasteiger partial charge in [0.1, 0.15) is 0 Å². The molecular weight excluding hydrogens is 1230 g/mol. The van der Waals surface area contributed by atoms with Crippen molar-refractivity contribution in [1.29, 1.82) is 0 Å². The first-order valence-electron chi connectivity index (χ1n) is 41.2. The summed E-state index contributed by atoms with van der Waals surface area (Å²) in [5.41, 5.74) is 23.5. The van der Waals surface area contributed by atoms with Crippen LogP contribution in [-0.2, 0) is 77.0 Å². The van der Waals surface area contributed by atoms with Gasteiger partial charge in [-0.15, -0.1) is 0 Å². The lowest BCUT2D eigenvalue weighted by Gasteiger charge is -2.33. The van der Waals surface area contributed by atoms with Crippen LogP contribution in [0.1, 0.15) is 373 Å². The van der Waals surface area contributed by atoms with Crippen molar-refractivity contribution in [1.82, 2.24) is 0 Å². The molecule has 528 valence electrons. The van der Waals surface area contributed by atoms with Gasteiger partial charge in [-0.05, 0) is 177 Å². The fraction of sp³-hybridized carbons (Fsp3) is 0.600. The highest BCUT2D eigenvalue weighted by molar-refractivity contribution is 6.40. The Hall–Kier alpha value is -4.82. The number of rotatable bonds is 42. The summed E-state index contributed by atoms with van der Waals surface area (Å²) in [6.07, 6.45) is 56.5. The number of hydrogen-bond acceptors (Lipinski definition) is 6. The minimum absolute atomic E-state index is 0.654. The maximum absolute atomic E-state index is 7.82. The molecule has 5 heterocycles. The smallest absolute Gasteiger partial charge is 0.577 e. The number of aryl methyl sites for hydroxylation is 6. The zero-order valence-corrected chi connectivity index (χ0v) is 64.8. The molecular formula is C90H126Al2O6. The Morgan fingerprint density at radius 1 is 0.184 bits per heavy atom. The van der Waals surface area contributed by atoms with Gasteiger partial charge in [-0.25, -0.2) is 0 Å². The second-order valence-electron chi connectivity index (χ2n) is 30.9. The van der Waals surface area contributed by atoms with Crippen LogP contribution in [-0.4, -0.2) is 30.3 Å². The molecule has 0 fully saturated rings. The molecule has 0 aromatic heterocycles. The van der Waals surface area contributed by atoms with Gasteiger partial charge < -0.3 is 22.7 Å². The fourth-order valence-electron chi connectivity index (χ4n) is 16.9. The van der Waals surface area contributed by atoms with Crippen molar-refractivity contribution < 1.29 is 22.7 Å². The summed E-state index contributed by atoms with van der Waals surface area (Å²) in [4.78, 5) is 0. The van der Waals surface area contributed by atoms with Crippen molar-refractivity contribution in [3.8, 4) is 34.5 Å². The summed E-state index contributed by atoms with van der Waals surface area (Å²) < 4.78 is 46.5. The minimum atomic E-state index is -3.08. The summed E-state index contributed by atoms with van der Waals surface area (Å²) >= 11 is -6.16.